The first-order chi connectivity index (χ1) is 8.54. The van der Waals surface area contributed by atoms with Gasteiger partial charge in [-0.15, -0.1) is 0 Å². The Hall–Kier alpha value is -0.540. The minimum atomic E-state index is 0.390. The van der Waals surface area contributed by atoms with Crippen LogP contribution in [0.3, 0.4) is 0 Å². The van der Waals surface area contributed by atoms with E-state index in [2.05, 4.69) is 34.7 Å². The van der Waals surface area contributed by atoms with Crippen molar-refractivity contribution in [2.45, 2.75) is 39.7 Å². The molecule has 100 valence electrons. The summed E-state index contributed by atoms with van der Waals surface area (Å²) in [7, 11) is 0. The lowest BCUT2D eigenvalue weighted by Gasteiger charge is -2.39. The highest BCUT2D eigenvalue weighted by Gasteiger charge is 2.28. The molecule has 1 aromatic carbocycles. The molecule has 0 radical (unpaired) electrons. The van der Waals surface area contributed by atoms with Crippen LogP contribution in [0.1, 0.15) is 38.7 Å². The lowest BCUT2D eigenvalue weighted by Crippen LogP contribution is -2.37. The minimum absolute atomic E-state index is 0.390. The summed E-state index contributed by atoms with van der Waals surface area (Å²) in [6, 6.07) is 5.87. The molecule has 0 bridgehead atoms. The number of likely N-dealkylation sites (tertiary alicyclic amines) is 1. The van der Waals surface area contributed by atoms with E-state index in [0.717, 1.165) is 29.7 Å². The van der Waals surface area contributed by atoms with Crippen LogP contribution in [0.5, 0.6) is 5.75 Å². The summed E-state index contributed by atoms with van der Waals surface area (Å²) in [4.78, 5) is 2.44. The van der Waals surface area contributed by atoms with Gasteiger partial charge in [-0.1, -0.05) is 32.4 Å². The maximum Gasteiger partial charge on any atom is 0.134 e. The quantitative estimate of drug-likeness (QED) is 0.905. The molecule has 1 heterocycles. The normalized spacial score (nSPS) is 19.9. The van der Waals surface area contributed by atoms with Gasteiger partial charge in [-0.2, -0.15) is 0 Å². The van der Waals surface area contributed by atoms with Gasteiger partial charge in [0.2, 0.25) is 0 Å². The molecule has 1 N–H and O–H groups in total. The molecule has 0 aromatic heterocycles. The Bertz CT molecular complexity index is 411. The van der Waals surface area contributed by atoms with E-state index in [9.17, 15) is 5.11 Å². The molecule has 1 aliphatic heterocycles. The SMILES string of the molecule is CCC1(C)CCN(Cc2cccc(Br)c2O)CC1. The summed E-state index contributed by atoms with van der Waals surface area (Å²) in [5.41, 5.74) is 1.54. The zero-order valence-electron chi connectivity index (χ0n) is 11.2. The van der Waals surface area contributed by atoms with E-state index in [1.807, 2.05) is 18.2 Å². The maximum atomic E-state index is 10.0. The summed E-state index contributed by atoms with van der Waals surface area (Å²) in [5, 5.41) is 10.0. The fraction of sp³-hybridized carbons (Fsp3) is 0.600. The van der Waals surface area contributed by atoms with Crippen LogP contribution in [0.2, 0.25) is 0 Å². The van der Waals surface area contributed by atoms with Crippen LogP contribution >= 0.6 is 15.9 Å². The van der Waals surface area contributed by atoms with Gasteiger partial charge < -0.3 is 5.11 Å². The molecule has 3 heteroatoms. The van der Waals surface area contributed by atoms with Crippen molar-refractivity contribution in [3.05, 3.63) is 28.2 Å². The molecule has 1 aromatic rings. The fourth-order valence-electron chi connectivity index (χ4n) is 2.53. The molecular weight excluding hydrogens is 290 g/mol. The van der Waals surface area contributed by atoms with Crippen molar-refractivity contribution in [2.24, 2.45) is 5.41 Å². The van der Waals surface area contributed by atoms with Gasteiger partial charge in [0.25, 0.3) is 0 Å². The number of piperidine rings is 1. The van der Waals surface area contributed by atoms with Crippen molar-refractivity contribution in [3.63, 3.8) is 0 Å². The highest BCUT2D eigenvalue weighted by atomic mass is 79.9. The Morgan fingerprint density at radius 2 is 2.00 bits per heavy atom. The average Bonchev–Trinajstić information content (AvgIpc) is 2.38. The molecule has 2 nitrogen and oxygen atoms in total. The molecule has 1 aliphatic rings. The van der Waals surface area contributed by atoms with Crippen molar-refractivity contribution in [2.75, 3.05) is 13.1 Å². The zero-order valence-corrected chi connectivity index (χ0v) is 12.8. The number of benzene rings is 1. The molecule has 0 unspecified atom stereocenters. The third-order valence-corrected chi connectivity index (χ3v) is 5.02. The predicted molar refractivity (Wildman–Crippen MR) is 78.7 cm³/mol. The summed E-state index contributed by atoms with van der Waals surface area (Å²) >= 11 is 3.37. The number of aromatic hydroxyl groups is 1. The number of nitrogens with zero attached hydrogens (tertiary/aromatic N) is 1. The van der Waals surface area contributed by atoms with Gasteiger partial charge in [0.05, 0.1) is 4.47 Å². The van der Waals surface area contributed by atoms with Crippen molar-refractivity contribution in [1.29, 1.82) is 0 Å². The van der Waals surface area contributed by atoms with Crippen LogP contribution < -0.4 is 0 Å². The molecule has 0 saturated carbocycles. The minimum Gasteiger partial charge on any atom is -0.506 e. The van der Waals surface area contributed by atoms with Crippen LogP contribution in [0.25, 0.3) is 0 Å². The van der Waals surface area contributed by atoms with Gasteiger partial charge in [0, 0.05) is 12.1 Å². The van der Waals surface area contributed by atoms with E-state index in [1.54, 1.807) is 0 Å². The van der Waals surface area contributed by atoms with E-state index in [4.69, 9.17) is 0 Å². The Morgan fingerprint density at radius 1 is 1.33 bits per heavy atom. The number of rotatable bonds is 3. The first-order valence-electron chi connectivity index (χ1n) is 6.73. The number of phenolic OH excluding ortho intramolecular Hbond substituents is 1. The summed E-state index contributed by atoms with van der Waals surface area (Å²) in [6.45, 7) is 7.80. The fourth-order valence-corrected chi connectivity index (χ4v) is 2.94. The number of phenols is 1. The Labute approximate surface area is 118 Å². The molecule has 0 spiro atoms. The van der Waals surface area contributed by atoms with Gasteiger partial charge in [0.15, 0.2) is 0 Å². The first-order valence-corrected chi connectivity index (χ1v) is 7.52. The molecule has 2 rings (SSSR count). The van der Waals surface area contributed by atoms with Crippen molar-refractivity contribution < 1.29 is 5.11 Å². The monoisotopic (exact) mass is 311 g/mol. The third-order valence-electron chi connectivity index (χ3n) is 4.38. The predicted octanol–water partition coefficient (Wildman–Crippen LogP) is 4.17. The molecule has 1 saturated heterocycles. The van der Waals surface area contributed by atoms with Crippen molar-refractivity contribution >= 4 is 15.9 Å². The summed E-state index contributed by atoms with van der Waals surface area (Å²) < 4.78 is 0.787. The molecule has 18 heavy (non-hydrogen) atoms. The zero-order chi connectivity index (χ0) is 13.2. The number of para-hydroxylation sites is 1. The Balaban J connectivity index is 1.98. The number of hydrogen-bond donors (Lipinski definition) is 1. The van der Waals surface area contributed by atoms with E-state index in [-0.39, 0.29) is 0 Å². The largest absolute Gasteiger partial charge is 0.506 e. The highest BCUT2D eigenvalue weighted by Crippen LogP contribution is 2.35. The molecular formula is C15H22BrNO. The average molecular weight is 312 g/mol. The van der Waals surface area contributed by atoms with Crippen LogP contribution in [0, 0.1) is 5.41 Å². The standard InChI is InChI=1S/C15H22BrNO/c1-3-15(2)7-9-17(10-8-15)11-12-5-4-6-13(16)14(12)18/h4-6,18H,3,7-11H2,1-2H3. The lowest BCUT2D eigenvalue weighted by atomic mass is 9.78. The highest BCUT2D eigenvalue weighted by molar-refractivity contribution is 9.10. The first kappa shape index (κ1) is 13.9. The number of hydrogen-bond acceptors (Lipinski definition) is 2. The second-order valence-corrected chi connectivity index (χ2v) is 6.54. The van der Waals surface area contributed by atoms with E-state index < -0.39 is 0 Å². The Kier molecular flexibility index (Phi) is 4.33. The summed E-state index contributed by atoms with van der Waals surface area (Å²) in [6.07, 6.45) is 3.79. The van der Waals surface area contributed by atoms with Gasteiger partial charge in [-0.25, -0.2) is 0 Å². The lowest BCUT2D eigenvalue weighted by molar-refractivity contribution is 0.109. The molecule has 1 fully saturated rings. The van der Waals surface area contributed by atoms with E-state index >= 15 is 0 Å². The van der Waals surface area contributed by atoms with Crippen LogP contribution in [-0.4, -0.2) is 23.1 Å². The van der Waals surface area contributed by atoms with E-state index in [1.165, 1.54) is 19.3 Å². The number of halogens is 1. The third kappa shape index (κ3) is 3.07. The topological polar surface area (TPSA) is 23.5 Å². The Morgan fingerprint density at radius 3 is 2.61 bits per heavy atom. The summed E-state index contributed by atoms with van der Waals surface area (Å²) in [5.74, 6) is 0.390. The second-order valence-electron chi connectivity index (χ2n) is 5.69. The molecule has 0 aliphatic carbocycles. The van der Waals surface area contributed by atoms with Crippen LogP contribution in [0.15, 0.2) is 22.7 Å². The van der Waals surface area contributed by atoms with Crippen molar-refractivity contribution in [1.82, 2.24) is 4.90 Å². The van der Waals surface area contributed by atoms with Gasteiger partial charge in [-0.3, -0.25) is 4.90 Å². The maximum absolute atomic E-state index is 10.0. The van der Waals surface area contributed by atoms with Gasteiger partial charge in [-0.05, 0) is 53.3 Å². The second kappa shape index (κ2) is 5.62. The van der Waals surface area contributed by atoms with Crippen molar-refractivity contribution in [3.8, 4) is 5.75 Å². The van der Waals surface area contributed by atoms with Crippen LogP contribution in [0.4, 0.5) is 0 Å². The molecule has 0 atom stereocenters. The van der Waals surface area contributed by atoms with Gasteiger partial charge >= 0.3 is 0 Å². The smallest absolute Gasteiger partial charge is 0.134 e. The van der Waals surface area contributed by atoms with Gasteiger partial charge in [0.1, 0.15) is 5.75 Å². The van der Waals surface area contributed by atoms with Crippen LogP contribution in [-0.2, 0) is 6.54 Å². The molecule has 0 amide bonds. The van der Waals surface area contributed by atoms with E-state index in [0.29, 0.717) is 11.2 Å².